The van der Waals surface area contributed by atoms with E-state index in [1.165, 1.54) is 12.1 Å². The van der Waals surface area contributed by atoms with Crippen molar-refractivity contribution in [1.82, 2.24) is 9.55 Å². The summed E-state index contributed by atoms with van der Waals surface area (Å²) in [5.74, 6) is 0.619. The number of nitrogens with two attached hydrogens (primary N) is 1. The topological polar surface area (TPSA) is 87.2 Å². The van der Waals surface area contributed by atoms with E-state index in [1.54, 1.807) is 25.5 Å². The lowest BCUT2D eigenvalue weighted by atomic mass is 10.2. The van der Waals surface area contributed by atoms with Crippen molar-refractivity contribution in [3.8, 4) is 5.75 Å². The summed E-state index contributed by atoms with van der Waals surface area (Å²) < 4.78 is 29.9. The molecule has 1 aromatic heterocycles. The van der Waals surface area contributed by atoms with Crippen LogP contribution in [0.15, 0.2) is 35.6 Å². The van der Waals surface area contributed by atoms with Crippen LogP contribution >= 0.6 is 0 Å². The van der Waals surface area contributed by atoms with Crippen molar-refractivity contribution >= 4 is 10.0 Å². The Labute approximate surface area is 111 Å². The minimum atomic E-state index is -3.68. The molecule has 0 saturated carbocycles. The van der Waals surface area contributed by atoms with Gasteiger partial charge in [0.1, 0.15) is 12.4 Å². The molecule has 0 saturated heterocycles. The second kappa shape index (κ2) is 5.02. The number of aryl methyl sites for hydroxylation is 2. The number of imidazole rings is 1. The molecule has 1 heterocycles. The van der Waals surface area contributed by atoms with Gasteiger partial charge in [0.05, 0.1) is 23.1 Å². The molecule has 7 heteroatoms. The Bertz CT molecular complexity index is 692. The third kappa shape index (κ3) is 3.12. The quantitative estimate of drug-likeness (QED) is 0.904. The van der Waals surface area contributed by atoms with Gasteiger partial charge in [-0.05, 0) is 30.7 Å². The minimum absolute atomic E-state index is 0.0814. The zero-order valence-corrected chi connectivity index (χ0v) is 11.5. The number of nitrogens with zero attached hydrogens (tertiary/aromatic N) is 2. The van der Waals surface area contributed by atoms with Crippen molar-refractivity contribution in [2.24, 2.45) is 12.2 Å². The maximum Gasteiger partial charge on any atom is 0.238 e. The summed E-state index contributed by atoms with van der Waals surface area (Å²) in [4.78, 5) is 4.07. The molecule has 2 aromatic rings. The van der Waals surface area contributed by atoms with Crippen LogP contribution in [0.1, 0.15) is 11.3 Å². The molecule has 0 bridgehead atoms. The first-order valence-electron chi connectivity index (χ1n) is 5.59. The summed E-state index contributed by atoms with van der Waals surface area (Å²) in [6.45, 7) is 2.14. The van der Waals surface area contributed by atoms with Gasteiger partial charge < -0.3 is 9.30 Å². The van der Waals surface area contributed by atoms with Gasteiger partial charge in [-0.15, -0.1) is 0 Å². The number of rotatable bonds is 4. The lowest BCUT2D eigenvalue weighted by molar-refractivity contribution is 0.295. The highest BCUT2D eigenvalue weighted by Crippen LogP contribution is 2.22. The summed E-state index contributed by atoms with van der Waals surface area (Å²) in [5.41, 5.74) is 1.64. The molecule has 2 N–H and O–H groups in total. The van der Waals surface area contributed by atoms with E-state index < -0.39 is 10.0 Å². The molecule has 0 aliphatic rings. The Morgan fingerprint density at radius 3 is 2.68 bits per heavy atom. The molecule has 0 aliphatic heterocycles. The van der Waals surface area contributed by atoms with E-state index in [0.29, 0.717) is 17.9 Å². The Hall–Kier alpha value is -1.86. The van der Waals surface area contributed by atoms with Crippen LogP contribution in [0.2, 0.25) is 0 Å². The summed E-state index contributed by atoms with van der Waals surface area (Å²) >= 11 is 0. The lowest BCUT2D eigenvalue weighted by Gasteiger charge is -2.10. The van der Waals surface area contributed by atoms with Crippen molar-refractivity contribution in [3.05, 3.63) is 42.0 Å². The van der Waals surface area contributed by atoms with Gasteiger partial charge in [-0.2, -0.15) is 0 Å². The van der Waals surface area contributed by atoms with Crippen LogP contribution in [0.5, 0.6) is 5.75 Å². The van der Waals surface area contributed by atoms with Crippen LogP contribution in [0.25, 0.3) is 0 Å². The fourth-order valence-electron chi connectivity index (χ4n) is 1.64. The molecule has 0 aliphatic carbocycles. The predicted octanol–water partition coefficient (Wildman–Crippen LogP) is 0.955. The van der Waals surface area contributed by atoms with Crippen LogP contribution in [-0.4, -0.2) is 18.0 Å². The van der Waals surface area contributed by atoms with E-state index in [-0.39, 0.29) is 4.90 Å². The molecule has 1 aromatic carbocycles. The SMILES string of the molecule is Cc1cc(S(N)(=O)=O)ccc1OCc1cncn1C. The van der Waals surface area contributed by atoms with Crippen molar-refractivity contribution in [1.29, 1.82) is 0 Å². The molecule has 6 nitrogen and oxygen atoms in total. The first-order valence-corrected chi connectivity index (χ1v) is 7.14. The first-order chi connectivity index (χ1) is 8.88. The van der Waals surface area contributed by atoms with E-state index in [9.17, 15) is 8.42 Å². The van der Waals surface area contributed by atoms with E-state index in [4.69, 9.17) is 9.88 Å². The molecule has 2 rings (SSSR count). The number of primary sulfonamides is 1. The lowest BCUT2D eigenvalue weighted by Crippen LogP contribution is -2.12. The number of benzene rings is 1. The molecule has 0 radical (unpaired) electrons. The van der Waals surface area contributed by atoms with E-state index in [1.807, 2.05) is 11.6 Å². The summed E-state index contributed by atoms with van der Waals surface area (Å²) in [6.07, 6.45) is 3.41. The molecular weight excluding hydrogens is 266 g/mol. The number of sulfonamides is 1. The van der Waals surface area contributed by atoms with Crippen molar-refractivity contribution in [2.75, 3.05) is 0 Å². The van der Waals surface area contributed by atoms with Gasteiger partial charge in [-0.1, -0.05) is 0 Å². The molecule has 0 amide bonds. The second-order valence-corrected chi connectivity index (χ2v) is 5.82. The largest absolute Gasteiger partial charge is 0.487 e. The Morgan fingerprint density at radius 2 is 2.16 bits per heavy atom. The highest BCUT2D eigenvalue weighted by molar-refractivity contribution is 7.89. The Balaban J connectivity index is 2.16. The highest BCUT2D eigenvalue weighted by Gasteiger charge is 2.10. The maximum absolute atomic E-state index is 11.2. The molecule has 19 heavy (non-hydrogen) atoms. The normalized spacial score (nSPS) is 11.5. The van der Waals surface area contributed by atoms with E-state index in [2.05, 4.69) is 4.98 Å². The number of aromatic nitrogens is 2. The van der Waals surface area contributed by atoms with Crippen molar-refractivity contribution < 1.29 is 13.2 Å². The monoisotopic (exact) mass is 281 g/mol. The average molecular weight is 281 g/mol. The van der Waals surface area contributed by atoms with Crippen LogP contribution in [0, 0.1) is 6.92 Å². The third-order valence-corrected chi connectivity index (χ3v) is 3.68. The second-order valence-electron chi connectivity index (χ2n) is 4.26. The van der Waals surface area contributed by atoms with Gasteiger partial charge in [-0.25, -0.2) is 18.5 Å². The van der Waals surface area contributed by atoms with Crippen molar-refractivity contribution in [3.63, 3.8) is 0 Å². The van der Waals surface area contributed by atoms with Gasteiger partial charge in [0.2, 0.25) is 10.0 Å². The molecule has 0 atom stereocenters. The van der Waals surface area contributed by atoms with Crippen LogP contribution in [0.3, 0.4) is 0 Å². The zero-order valence-electron chi connectivity index (χ0n) is 10.7. The van der Waals surface area contributed by atoms with E-state index >= 15 is 0 Å². The fraction of sp³-hybridized carbons (Fsp3) is 0.250. The first kappa shape index (κ1) is 13.6. The van der Waals surface area contributed by atoms with Gasteiger partial charge in [0.25, 0.3) is 0 Å². The summed E-state index contributed by atoms with van der Waals surface area (Å²) in [5, 5.41) is 5.07. The standard InChI is InChI=1S/C12H15N3O3S/c1-9-5-11(19(13,16)17)3-4-12(9)18-7-10-6-14-8-15(10)2/h3-6,8H,7H2,1-2H3,(H2,13,16,17). The number of hydrogen-bond donors (Lipinski definition) is 1. The molecule has 0 spiro atoms. The minimum Gasteiger partial charge on any atom is -0.487 e. The molecule has 0 unspecified atom stereocenters. The predicted molar refractivity (Wildman–Crippen MR) is 70.1 cm³/mol. The maximum atomic E-state index is 11.2. The van der Waals surface area contributed by atoms with Gasteiger partial charge >= 0.3 is 0 Å². The Morgan fingerprint density at radius 1 is 1.42 bits per heavy atom. The molecular formula is C12H15N3O3S. The van der Waals surface area contributed by atoms with Crippen molar-refractivity contribution in [2.45, 2.75) is 18.4 Å². The van der Waals surface area contributed by atoms with Crippen LogP contribution in [0.4, 0.5) is 0 Å². The molecule has 0 fully saturated rings. The fourth-order valence-corrected chi connectivity index (χ4v) is 2.23. The number of ether oxygens (including phenoxy) is 1. The van der Waals surface area contributed by atoms with Gasteiger partial charge in [0, 0.05) is 7.05 Å². The molecule has 102 valence electrons. The third-order valence-electron chi connectivity index (χ3n) is 2.77. The summed E-state index contributed by atoms with van der Waals surface area (Å²) in [7, 11) is -1.80. The van der Waals surface area contributed by atoms with Crippen LogP contribution < -0.4 is 9.88 Å². The van der Waals surface area contributed by atoms with E-state index in [0.717, 1.165) is 5.69 Å². The van der Waals surface area contributed by atoms with Gasteiger partial charge in [-0.3, -0.25) is 0 Å². The van der Waals surface area contributed by atoms with Crippen LogP contribution in [-0.2, 0) is 23.7 Å². The smallest absolute Gasteiger partial charge is 0.238 e. The summed E-state index contributed by atoms with van der Waals surface area (Å²) in [6, 6.07) is 4.53. The van der Waals surface area contributed by atoms with Gasteiger partial charge in [0.15, 0.2) is 0 Å². The highest BCUT2D eigenvalue weighted by atomic mass is 32.2. The number of hydrogen-bond acceptors (Lipinski definition) is 4. The zero-order chi connectivity index (χ0) is 14.0. The Kier molecular flexibility index (Phi) is 3.59. The average Bonchev–Trinajstić information content (AvgIpc) is 2.72.